The van der Waals surface area contributed by atoms with E-state index < -0.39 is 0 Å². The lowest BCUT2D eigenvalue weighted by Crippen LogP contribution is -2.45. The average Bonchev–Trinajstić information content (AvgIpc) is 2.73. The van der Waals surface area contributed by atoms with Gasteiger partial charge in [0.25, 0.3) is 0 Å². The summed E-state index contributed by atoms with van der Waals surface area (Å²) in [6.45, 7) is 10.5. The summed E-state index contributed by atoms with van der Waals surface area (Å²) in [4.78, 5) is 2.70. The summed E-state index contributed by atoms with van der Waals surface area (Å²) in [5.41, 5.74) is 5.73. The molecule has 0 radical (unpaired) electrons. The van der Waals surface area contributed by atoms with Crippen molar-refractivity contribution < 1.29 is 5.11 Å². The van der Waals surface area contributed by atoms with Gasteiger partial charge in [-0.15, -0.1) is 0 Å². The van der Waals surface area contributed by atoms with E-state index in [1.807, 2.05) is 19.1 Å². The highest BCUT2D eigenvalue weighted by molar-refractivity contribution is 5.47. The van der Waals surface area contributed by atoms with E-state index in [4.69, 9.17) is 5.11 Å². The summed E-state index contributed by atoms with van der Waals surface area (Å²) >= 11 is 0. The van der Waals surface area contributed by atoms with E-state index in [1.54, 1.807) is 17.7 Å². The maximum absolute atomic E-state index is 8.76. The molecule has 0 aromatic heterocycles. The molecule has 0 saturated carbocycles. The average molecular weight is 405 g/mol. The first-order valence-corrected chi connectivity index (χ1v) is 11.5. The number of piperidine rings is 1. The van der Waals surface area contributed by atoms with E-state index in [0.717, 1.165) is 17.8 Å². The van der Waals surface area contributed by atoms with Crippen LogP contribution in [0.15, 0.2) is 71.5 Å². The van der Waals surface area contributed by atoms with Crippen molar-refractivity contribution in [3.8, 4) is 5.75 Å². The second-order valence-corrected chi connectivity index (χ2v) is 9.72. The number of hydrogen-bond donors (Lipinski definition) is 2. The molecule has 0 amide bonds. The monoisotopic (exact) mass is 404 g/mol. The minimum atomic E-state index is 0.329. The molecule has 3 heteroatoms. The lowest BCUT2D eigenvalue weighted by Gasteiger charge is -2.44. The Morgan fingerprint density at radius 1 is 1.10 bits per heavy atom. The largest absolute Gasteiger partial charge is 0.508 e. The Kier molecular flexibility index (Phi) is 6.48. The number of nitrogens with one attached hydrogen (secondary N) is 1. The second kappa shape index (κ2) is 9.26. The van der Waals surface area contributed by atoms with Crippen molar-refractivity contribution >= 4 is 0 Å². The quantitative estimate of drug-likeness (QED) is 0.697. The van der Waals surface area contributed by atoms with Crippen LogP contribution in [0.3, 0.4) is 0 Å². The van der Waals surface area contributed by atoms with Gasteiger partial charge in [-0.25, -0.2) is 0 Å². The zero-order valence-electron chi connectivity index (χ0n) is 18.6. The molecule has 0 spiro atoms. The Morgan fingerprint density at radius 3 is 2.63 bits per heavy atom. The summed E-state index contributed by atoms with van der Waals surface area (Å²) in [7, 11) is 0. The van der Waals surface area contributed by atoms with Gasteiger partial charge in [-0.2, -0.15) is 0 Å². The maximum atomic E-state index is 8.76. The molecule has 5 rings (SSSR count). The van der Waals surface area contributed by atoms with Crippen LogP contribution in [-0.2, 0) is 0 Å². The topological polar surface area (TPSA) is 35.5 Å². The van der Waals surface area contributed by atoms with Crippen LogP contribution in [0.1, 0.15) is 38.7 Å². The minimum Gasteiger partial charge on any atom is -0.508 e. The first-order valence-electron chi connectivity index (χ1n) is 11.5. The van der Waals surface area contributed by atoms with Gasteiger partial charge in [0.2, 0.25) is 0 Å². The fraction of sp³-hybridized carbons (Fsp3) is 0.481. The molecular formula is C27H36N2O. The number of phenols is 1. The Morgan fingerprint density at radius 2 is 1.90 bits per heavy atom. The second-order valence-electron chi connectivity index (χ2n) is 9.72. The fourth-order valence-corrected chi connectivity index (χ4v) is 5.19. The highest BCUT2D eigenvalue weighted by atomic mass is 16.3. The van der Waals surface area contributed by atoms with Crippen LogP contribution in [0.4, 0.5) is 0 Å². The lowest BCUT2D eigenvalue weighted by molar-refractivity contribution is 0.101. The third kappa shape index (κ3) is 5.07. The summed E-state index contributed by atoms with van der Waals surface area (Å²) in [5.74, 6) is 2.88. The zero-order chi connectivity index (χ0) is 21.1. The van der Waals surface area contributed by atoms with Gasteiger partial charge in [0, 0.05) is 18.8 Å². The number of dihydropyridines is 1. The van der Waals surface area contributed by atoms with Crippen molar-refractivity contribution in [2.45, 2.75) is 46.1 Å². The molecule has 2 heterocycles. The normalized spacial score (nSPS) is 27.3. The summed E-state index contributed by atoms with van der Waals surface area (Å²) in [5, 5.41) is 12.6. The van der Waals surface area contributed by atoms with E-state index in [9.17, 15) is 0 Å². The number of fused-ring (bicyclic) bond motifs is 2. The molecular weight excluding hydrogens is 368 g/mol. The van der Waals surface area contributed by atoms with E-state index in [0.29, 0.717) is 11.8 Å². The maximum Gasteiger partial charge on any atom is 0.115 e. The number of allylic oxidation sites excluding steroid dienone is 5. The van der Waals surface area contributed by atoms with Gasteiger partial charge in [-0.05, 0) is 73.8 Å². The van der Waals surface area contributed by atoms with Crippen molar-refractivity contribution in [3.05, 3.63) is 77.1 Å². The molecule has 30 heavy (non-hydrogen) atoms. The number of phenolic OH excluding ortho intramolecular Hbond substituents is 1. The molecule has 2 aliphatic heterocycles. The van der Waals surface area contributed by atoms with E-state index >= 15 is 0 Å². The number of aryl methyl sites for hydroxylation is 1. The molecule has 3 nitrogen and oxygen atoms in total. The van der Waals surface area contributed by atoms with Gasteiger partial charge in [-0.1, -0.05) is 61.9 Å². The molecule has 160 valence electrons. The molecule has 1 aromatic rings. The van der Waals surface area contributed by atoms with Gasteiger partial charge in [0.15, 0.2) is 0 Å². The van der Waals surface area contributed by atoms with Crippen LogP contribution in [0.5, 0.6) is 5.75 Å². The molecule has 2 aliphatic carbocycles. The van der Waals surface area contributed by atoms with Crippen molar-refractivity contribution in [2.24, 2.45) is 17.8 Å². The molecule has 1 saturated heterocycles. The highest BCUT2D eigenvalue weighted by Crippen LogP contribution is 2.41. The standard InChI is InChI=1S/C20H28N2.C7H8O/c1-14(2)12-22-8-7-15-11-20-17(10-18(15)13-22)9-16-5-3-4-6-19(16)21-20;1-6-2-4-7(8)5-3-6/h3-6,9,14-15,18-19,21H,7-8,10-13H2,1-2H3;2-5,8H,1H3. The lowest BCUT2D eigenvalue weighted by atomic mass is 9.72. The Labute approximate surface area is 181 Å². The minimum absolute atomic E-state index is 0.329. The molecule has 2 N–H and O–H groups in total. The SMILES string of the molecule is CC(C)CN1CCC2CC3=C(C=C4C=CC=CC4N3)CC2C1.Cc1ccc(O)cc1. The van der Waals surface area contributed by atoms with Gasteiger partial charge in [0.1, 0.15) is 5.75 Å². The number of benzene rings is 1. The summed E-state index contributed by atoms with van der Waals surface area (Å²) in [6.07, 6.45) is 15.3. The van der Waals surface area contributed by atoms with Crippen LogP contribution >= 0.6 is 0 Å². The van der Waals surface area contributed by atoms with Gasteiger partial charge in [-0.3, -0.25) is 0 Å². The van der Waals surface area contributed by atoms with Gasteiger partial charge < -0.3 is 15.3 Å². The van der Waals surface area contributed by atoms with Crippen LogP contribution in [-0.4, -0.2) is 35.7 Å². The number of likely N-dealkylation sites (tertiary alicyclic amines) is 1. The Balaban J connectivity index is 0.000000230. The molecule has 1 fully saturated rings. The summed E-state index contributed by atoms with van der Waals surface area (Å²) in [6, 6.07) is 7.51. The highest BCUT2D eigenvalue weighted by Gasteiger charge is 2.36. The van der Waals surface area contributed by atoms with Crippen molar-refractivity contribution in [3.63, 3.8) is 0 Å². The first kappa shape index (κ1) is 21.0. The summed E-state index contributed by atoms with van der Waals surface area (Å²) < 4.78 is 0. The fourth-order valence-electron chi connectivity index (χ4n) is 5.19. The smallest absolute Gasteiger partial charge is 0.115 e. The van der Waals surface area contributed by atoms with E-state index in [-0.39, 0.29) is 0 Å². The number of hydrogen-bond acceptors (Lipinski definition) is 3. The van der Waals surface area contributed by atoms with Crippen molar-refractivity contribution in [1.29, 1.82) is 0 Å². The van der Waals surface area contributed by atoms with E-state index in [1.165, 1.54) is 55.7 Å². The Bertz CT molecular complexity index is 838. The molecule has 3 atom stereocenters. The number of rotatable bonds is 2. The zero-order valence-corrected chi connectivity index (χ0v) is 18.6. The van der Waals surface area contributed by atoms with Crippen LogP contribution < -0.4 is 5.32 Å². The van der Waals surface area contributed by atoms with Crippen LogP contribution in [0.2, 0.25) is 0 Å². The molecule has 3 unspecified atom stereocenters. The molecule has 0 bridgehead atoms. The third-order valence-corrected chi connectivity index (χ3v) is 6.70. The van der Waals surface area contributed by atoms with Crippen LogP contribution in [0, 0.1) is 24.7 Å². The number of aromatic hydroxyl groups is 1. The molecule has 1 aromatic carbocycles. The molecule has 4 aliphatic rings. The predicted molar refractivity (Wildman–Crippen MR) is 125 cm³/mol. The third-order valence-electron chi connectivity index (χ3n) is 6.70. The van der Waals surface area contributed by atoms with Crippen molar-refractivity contribution in [1.82, 2.24) is 10.2 Å². The number of nitrogens with zero attached hydrogens (tertiary/aromatic N) is 1. The van der Waals surface area contributed by atoms with Gasteiger partial charge >= 0.3 is 0 Å². The van der Waals surface area contributed by atoms with Crippen LogP contribution in [0.25, 0.3) is 0 Å². The Hall–Kier alpha value is -2.26. The van der Waals surface area contributed by atoms with E-state index in [2.05, 4.69) is 54.4 Å². The van der Waals surface area contributed by atoms with Gasteiger partial charge in [0.05, 0.1) is 6.04 Å². The predicted octanol–water partition coefficient (Wildman–Crippen LogP) is 5.35. The van der Waals surface area contributed by atoms with Crippen molar-refractivity contribution in [2.75, 3.05) is 19.6 Å². The first-order chi connectivity index (χ1) is 14.5.